The first-order valence-corrected chi connectivity index (χ1v) is 5.03. The summed E-state index contributed by atoms with van der Waals surface area (Å²) in [6, 6.07) is 4.15. The summed E-state index contributed by atoms with van der Waals surface area (Å²) < 4.78 is 5.52. The molecule has 3 heteroatoms. The van der Waals surface area contributed by atoms with Crippen molar-refractivity contribution in [3.63, 3.8) is 0 Å². The molecule has 0 spiro atoms. The van der Waals surface area contributed by atoms with Crippen LogP contribution in [-0.4, -0.2) is 6.61 Å². The predicted octanol–water partition coefficient (Wildman–Crippen LogP) is 1.61. The first kappa shape index (κ1) is 9.34. The topological polar surface area (TPSA) is 61.3 Å². The van der Waals surface area contributed by atoms with Crippen molar-refractivity contribution in [2.75, 3.05) is 12.3 Å². The third-order valence-electron chi connectivity index (χ3n) is 2.69. The minimum atomic E-state index is 0.0764. The summed E-state index contributed by atoms with van der Waals surface area (Å²) in [6.45, 7) is 2.78. The molecule has 0 saturated heterocycles. The van der Waals surface area contributed by atoms with E-state index in [1.165, 1.54) is 5.56 Å². The lowest BCUT2D eigenvalue weighted by Crippen LogP contribution is -2.21. The Morgan fingerprint density at radius 2 is 2.29 bits per heavy atom. The van der Waals surface area contributed by atoms with Crippen LogP contribution in [0, 0.1) is 0 Å². The van der Waals surface area contributed by atoms with Gasteiger partial charge < -0.3 is 16.2 Å². The fourth-order valence-electron chi connectivity index (χ4n) is 1.83. The maximum atomic E-state index is 6.00. The van der Waals surface area contributed by atoms with Crippen molar-refractivity contribution in [1.29, 1.82) is 0 Å². The summed E-state index contributed by atoms with van der Waals surface area (Å²) in [5.41, 5.74) is 14.9. The standard InChI is InChI=1S/C11H16N2O/c1-2-7-5-8-9(12)3-4-14-11(8)10(13)6-7/h5-6,9H,2-4,12-13H2,1H3/t9-/m0/s1. The van der Waals surface area contributed by atoms with E-state index in [1.54, 1.807) is 0 Å². The molecule has 1 aliphatic rings. The van der Waals surface area contributed by atoms with E-state index in [-0.39, 0.29) is 6.04 Å². The maximum absolute atomic E-state index is 6.00. The smallest absolute Gasteiger partial charge is 0.146 e. The van der Waals surface area contributed by atoms with Crippen molar-refractivity contribution < 1.29 is 4.74 Å². The highest BCUT2D eigenvalue weighted by atomic mass is 16.5. The number of anilines is 1. The molecule has 3 nitrogen and oxygen atoms in total. The van der Waals surface area contributed by atoms with Gasteiger partial charge >= 0.3 is 0 Å². The quantitative estimate of drug-likeness (QED) is 0.664. The molecule has 0 fully saturated rings. The van der Waals surface area contributed by atoms with Gasteiger partial charge in [0.25, 0.3) is 0 Å². The zero-order chi connectivity index (χ0) is 10.1. The van der Waals surface area contributed by atoms with Crippen molar-refractivity contribution in [1.82, 2.24) is 0 Å². The molecule has 0 aliphatic carbocycles. The summed E-state index contributed by atoms with van der Waals surface area (Å²) in [5.74, 6) is 0.793. The molecule has 1 aromatic carbocycles. The van der Waals surface area contributed by atoms with E-state index < -0.39 is 0 Å². The van der Waals surface area contributed by atoms with Crippen LogP contribution < -0.4 is 16.2 Å². The first-order chi connectivity index (χ1) is 6.72. The molecule has 4 N–H and O–H groups in total. The Morgan fingerprint density at radius 3 is 3.00 bits per heavy atom. The average molecular weight is 192 g/mol. The Morgan fingerprint density at radius 1 is 1.50 bits per heavy atom. The highest BCUT2D eigenvalue weighted by Crippen LogP contribution is 2.36. The van der Waals surface area contributed by atoms with Crippen LogP contribution in [0.4, 0.5) is 5.69 Å². The molecule has 0 bridgehead atoms. The Hall–Kier alpha value is -1.22. The largest absolute Gasteiger partial charge is 0.491 e. The van der Waals surface area contributed by atoms with E-state index >= 15 is 0 Å². The number of nitrogen functional groups attached to an aromatic ring is 1. The van der Waals surface area contributed by atoms with Gasteiger partial charge in [-0.2, -0.15) is 0 Å². The Balaban J connectivity index is 2.51. The van der Waals surface area contributed by atoms with E-state index in [0.29, 0.717) is 6.61 Å². The summed E-state index contributed by atoms with van der Waals surface area (Å²) in [4.78, 5) is 0. The van der Waals surface area contributed by atoms with E-state index in [2.05, 4.69) is 13.0 Å². The summed E-state index contributed by atoms with van der Waals surface area (Å²) in [6.07, 6.45) is 1.85. The number of aryl methyl sites for hydroxylation is 1. The molecular formula is C11H16N2O. The van der Waals surface area contributed by atoms with Crippen molar-refractivity contribution in [3.05, 3.63) is 23.3 Å². The van der Waals surface area contributed by atoms with Crippen LogP contribution in [0.2, 0.25) is 0 Å². The van der Waals surface area contributed by atoms with Gasteiger partial charge in [0.15, 0.2) is 0 Å². The molecule has 0 saturated carbocycles. The van der Waals surface area contributed by atoms with Gasteiger partial charge in [0, 0.05) is 18.0 Å². The van der Waals surface area contributed by atoms with E-state index in [4.69, 9.17) is 16.2 Å². The summed E-state index contributed by atoms with van der Waals surface area (Å²) in [7, 11) is 0. The van der Waals surface area contributed by atoms with E-state index in [1.807, 2.05) is 6.07 Å². The Labute approximate surface area is 84.0 Å². The van der Waals surface area contributed by atoms with Gasteiger partial charge in [-0.3, -0.25) is 0 Å². The lowest BCUT2D eigenvalue weighted by Gasteiger charge is -2.24. The average Bonchev–Trinajstić information content (AvgIpc) is 2.19. The third kappa shape index (κ3) is 1.44. The van der Waals surface area contributed by atoms with Crippen molar-refractivity contribution in [2.24, 2.45) is 5.73 Å². The second kappa shape index (κ2) is 3.50. The van der Waals surface area contributed by atoms with Crippen LogP contribution in [0.15, 0.2) is 12.1 Å². The Kier molecular flexibility index (Phi) is 2.33. The highest BCUT2D eigenvalue weighted by Gasteiger charge is 2.20. The molecule has 0 aromatic heterocycles. The number of rotatable bonds is 1. The molecule has 1 heterocycles. The second-order valence-electron chi connectivity index (χ2n) is 3.70. The van der Waals surface area contributed by atoms with Gasteiger partial charge in [0.1, 0.15) is 5.75 Å². The van der Waals surface area contributed by atoms with Gasteiger partial charge in [-0.1, -0.05) is 13.0 Å². The van der Waals surface area contributed by atoms with Crippen molar-refractivity contribution in [3.8, 4) is 5.75 Å². The number of ether oxygens (including phenoxy) is 1. The molecule has 1 atom stereocenters. The number of hydrogen-bond donors (Lipinski definition) is 2. The molecule has 1 aliphatic heterocycles. The number of fused-ring (bicyclic) bond motifs is 1. The van der Waals surface area contributed by atoms with Crippen molar-refractivity contribution in [2.45, 2.75) is 25.8 Å². The monoisotopic (exact) mass is 192 g/mol. The molecular weight excluding hydrogens is 176 g/mol. The van der Waals surface area contributed by atoms with Gasteiger partial charge in [-0.25, -0.2) is 0 Å². The predicted molar refractivity (Wildman–Crippen MR) is 57.3 cm³/mol. The van der Waals surface area contributed by atoms with E-state index in [0.717, 1.165) is 29.8 Å². The highest BCUT2D eigenvalue weighted by molar-refractivity contribution is 5.60. The number of benzene rings is 1. The number of hydrogen-bond acceptors (Lipinski definition) is 3. The lowest BCUT2D eigenvalue weighted by molar-refractivity contribution is 0.270. The molecule has 1 aromatic rings. The maximum Gasteiger partial charge on any atom is 0.146 e. The minimum absolute atomic E-state index is 0.0764. The summed E-state index contributed by atoms with van der Waals surface area (Å²) >= 11 is 0. The third-order valence-corrected chi connectivity index (χ3v) is 2.69. The number of nitrogens with two attached hydrogens (primary N) is 2. The van der Waals surface area contributed by atoms with Crippen LogP contribution >= 0.6 is 0 Å². The first-order valence-electron chi connectivity index (χ1n) is 5.03. The fourth-order valence-corrected chi connectivity index (χ4v) is 1.83. The zero-order valence-corrected chi connectivity index (χ0v) is 8.42. The van der Waals surface area contributed by atoms with Crippen LogP contribution in [0.5, 0.6) is 5.75 Å². The van der Waals surface area contributed by atoms with Gasteiger partial charge in [0.05, 0.1) is 12.3 Å². The molecule has 0 amide bonds. The fraction of sp³-hybridized carbons (Fsp3) is 0.455. The summed E-state index contributed by atoms with van der Waals surface area (Å²) in [5, 5.41) is 0. The molecule has 14 heavy (non-hydrogen) atoms. The van der Waals surface area contributed by atoms with Crippen LogP contribution in [-0.2, 0) is 6.42 Å². The van der Waals surface area contributed by atoms with Crippen LogP contribution in [0.3, 0.4) is 0 Å². The molecule has 2 rings (SSSR count). The second-order valence-corrected chi connectivity index (χ2v) is 3.70. The molecule has 0 unspecified atom stereocenters. The zero-order valence-electron chi connectivity index (χ0n) is 8.42. The SMILES string of the molecule is CCc1cc(N)c2c(c1)[C@@H](N)CCO2. The van der Waals surface area contributed by atoms with E-state index in [9.17, 15) is 0 Å². The lowest BCUT2D eigenvalue weighted by atomic mass is 9.97. The van der Waals surface area contributed by atoms with Crippen LogP contribution in [0.1, 0.15) is 30.5 Å². The molecule has 0 radical (unpaired) electrons. The van der Waals surface area contributed by atoms with Gasteiger partial charge in [0.2, 0.25) is 0 Å². The van der Waals surface area contributed by atoms with Gasteiger partial charge in [-0.05, 0) is 18.1 Å². The van der Waals surface area contributed by atoms with Gasteiger partial charge in [-0.15, -0.1) is 0 Å². The Bertz CT molecular complexity index is 349. The molecule has 76 valence electrons. The minimum Gasteiger partial charge on any atom is -0.491 e. The normalized spacial score (nSPS) is 20.0. The van der Waals surface area contributed by atoms with Crippen molar-refractivity contribution >= 4 is 5.69 Å². The van der Waals surface area contributed by atoms with Crippen LogP contribution in [0.25, 0.3) is 0 Å².